The number of hydrogen-bond acceptors (Lipinski definition) is 5. The standard InChI is InChI=1S/C28H40ClN4O4Si/c1-27(2,20-10-9-11-21(29)15-20)18-37-25(35)33-38(23-12-7-5-6-8-13-23)26(36)31-22(17-30)14-19-16-28(3,4)32-24(19)34/h9-11,15,19,22-23H,5-8,12-14,16,18H2,1-4H3,(H,31,36)(H,32,34)(H,33,35)/t19?,22-/m0/s1. The fraction of sp³-hybridized carbons (Fsp3) is 0.643. The number of benzene rings is 1. The Kier molecular flexibility index (Phi) is 10.2. The smallest absolute Gasteiger partial charge is 0.399 e. The summed E-state index contributed by atoms with van der Waals surface area (Å²) in [6, 6.07) is 8.79. The first-order valence-corrected chi connectivity index (χ1v) is 15.4. The second-order valence-electron chi connectivity index (χ2n) is 11.9. The van der Waals surface area contributed by atoms with Crippen LogP contribution >= 0.6 is 11.6 Å². The molecule has 1 heterocycles. The van der Waals surface area contributed by atoms with Gasteiger partial charge in [0, 0.05) is 21.9 Å². The summed E-state index contributed by atoms with van der Waals surface area (Å²) in [5.41, 5.74) is -0.117. The Morgan fingerprint density at radius 3 is 2.53 bits per heavy atom. The molecule has 0 bridgehead atoms. The van der Waals surface area contributed by atoms with E-state index in [1.54, 1.807) is 6.07 Å². The Morgan fingerprint density at radius 1 is 1.26 bits per heavy atom. The molecule has 8 nitrogen and oxygen atoms in total. The lowest BCUT2D eigenvalue weighted by Crippen LogP contribution is -2.55. The minimum atomic E-state index is -2.10. The number of halogens is 1. The largest absolute Gasteiger partial charge is 0.449 e. The van der Waals surface area contributed by atoms with Crippen molar-refractivity contribution in [1.82, 2.24) is 15.6 Å². The van der Waals surface area contributed by atoms with Gasteiger partial charge in [0.2, 0.25) is 11.4 Å². The molecule has 38 heavy (non-hydrogen) atoms. The summed E-state index contributed by atoms with van der Waals surface area (Å²) in [5.74, 6) is -0.432. The van der Waals surface area contributed by atoms with E-state index in [0.717, 1.165) is 44.1 Å². The van der Waals surface area contributed by atoms with Gasteiger partial charge in [-0.05, 0) is 49.9 Å². The van der Waals surface area contributed by atoms with E-state index >= 15 is 0 Å². The summed E-state index contributed by atoms with van der Waals surface area (Å²) in [7, 11) is -2.10. The molecule has 0 spiro atoms. The van der Waals surface area contributed by atoms with Crippen molar-refractivity contribution in [3.05, 3.63) is 34.9 Å². The third-order valence-electron chi connectivity index (χ3n) is 7.49. The van der Waals surface area contributed by atoms with Crippen molar-refractivity contribution in [2.45, 2.75) is 102 Å². The van der Waals surface area contributed by atoms with Gasteiger partial charge in [0.05, 0.1) is 6.07 Å². The van der Waals surface area contributed by atoms with Crippen LogP contribution in [0, 0.1) is 17.2 Å². The molecule has 1 aromatic rings. The molecular formula is C28H40ClN4O4Si. The molecule has 3 N–H and O–H groups in total. The maximum atomic E-state index is 13.5. The second-order valence-corrected chi connectivity index (χ2v) is 14.6. The van der Waals surface area contributed by atoms with E-state index in [0.29, 0.717) is 11.4 Å². The van der Waals surface area contributed by atoms with Gasteiger partial charge in [-0.25, -0.2) is 4.79 Å². The van der Waals surface area contributed by atoms with Crippen LogP contribution in [0.1, 0.15) is 84.6 Å². The quantitative estimate of drug-likeness (QED) is 0.271. The van der Waals surface area contributed by atoms with E-state index in [9.17, 15) is 19.6 Å². The molecule has 1 aliphatic carbocycles. The van der Waals surface area contributed by atoms with E-state index < -0.39 is 26.5 Å². The fourth-order valence-electron chi connectivity index (χ4n) is 5.35. The SMILES string of the molecule is CC1(C)CC(C[C@@H](C#N)NC(=O)[Si](NC(=O)OCC(C)(C)c2cccc(Cl)c2)C2CCCCCC2)C(=O)N1. The number of ether oxygens (including phenoxy) is 1. The first-order valence-electron chi connectivity index (χ1n) is 13.5. The Labute approximate surface area is 232 Å². The summed E-state index contributed by atoms with van der Waals surface area (Å²) in [6.45, 7) is 7.94. The molecule has 10 heteroatoms. The topological polar surface area (TPSA) is 120 Å². The predicted octanol–water partition coefficient (Wildman–Crippen LogP) is 5.55. The summed E-state index contributed by atoms with van der Waals surface area (Å²) in [6.07, 6.45) is 6.16. The van der Waals surface area contributed by atoms with E-state index in [2.05, 4.69) is 21.7 Å². The maximum absolute atomic E-state index is 13.5. The zero-order valence-corrected chi connectivity index (χ0v) is 24.6. The molecule has 1 unspecified atom stereocenters. The number of carbonyl (C=O) groups is 3. The highest BCUT2D eigenvalue weighted by molar-refractivity contribution is 6.90. The highest BCUT2D eigenvalue weighted by Gasteiger charge is 2.40. The first kappa shape index (κ1) is 30.0. The Hall–Kier alpha value is -2.57. The van der Waals surface area contributed by atoms with E-state index in [1.807, 2.05) is 45.9 Å². The van der Waals surface area contributed by atoms with E-state index in [1.165, 1.54) is 0 Å². The van der Waals surface area contributed by atoms with Crippen LogP contribution in [0.2, 0.25) is 10.6 Å². The molecule has 1 aliphatic heterocycles. The predicted molar refractivity (Wildman–Crippen MR) is 149 cm³/mol. The van der Waals surface area contributed by atoms with E-state index in [4.69, 9.17) is 16.3 Å². The molecule has 3 rings (SSSR count). The van der Waals surface area contributed by atoms with Crippen LogP contribution in [0.4, 0.5) is 9.59 Å². The molecular weight excluding hydrogens is 520 g/mol. The molecule has 1 saturated carbocycles. The minimum Gasteiger partial charge on any atom is -0.449 e. The lowest BCUT2D eigenvalue weighted by atomic mass is 9.86. The maximum Gasteiger partial charge on any atom is 0.399 e. The lowest BCUT2D eigenvalue weighted by Gasteiger charge is -2.27. The Balaban J connectivity index is 1.66. The number of hydrogen-bond donors (Lipinski definition) is 3. The average Bonchev–Trinajstić information content (AvgIpc) is 3.01. The van der Waals surface area contributed by atoms with Crippen LogP contribution in [-0.4, -0.2) is 44.7 Å². The van der Waals surface area contributed by atoms with Gasteiger partial charge in [-0.1, -0.05) is 76.1 Å². The minimum absolute atomic E-state index is 0.0454. The van der Waals surface area contributed by atoms with Gasteiger partial charge < -0.3 is 20.4 Å². The van der Waals surface area contributed by atoms with Gasteiger partial charge >= 0.3 is 6.09 Å². The third kappa shape index (κ3) is 8.47. The Morgan fingerprint density at radius 2 is 1.95 bits per heavy atom. The van der Waals surface area contributed by atoms with E-state index in [-0.39, 0.29) is 41.5 Å². The molecule has 1 radical (unpaired) electrons. The van der Waals surface area contributed by atoms with Gasteiger partial charge in [-0.2, -0.15) is 5.26 Å². The average molecular weight is 560 g/mol. The zero-order chi connectivity index (χ0) is 27.9. The lowest BCUT2D eigenvalue weighted by molar-refractivity contribution is -0.123. The van der Waals surface area contributed by atoms with Crippen molar-refractivity contribution >= 4 is 38.1 Å². The molecule has 1 aromatic carbocycles. The molecule has 207 valence electrons. The summed E-state index contributed by atoms with van der Waals surface area (Å²) >= 11 is 6.14. The summed E-state index contributed by atoms with van der Waals surface area (Å²) in [4.78, 5) is 41.7. The van der Waals surface area contributed by atoms with Crippen LogP contribution < -0.4 is 15.6 Å². The van der Waals surface area contributed by atoms with Crippen LogP contribution in [0.5, 0.6) is 0 Å². The number of nitrogens with zero attached hydrogens (tertiary/aromatic N) is 1. The van der Waals surface area contributed by atoms with Gasteiger partial charge in [0.1, 0.15) is 12.6 Å². The van der Waals surface area contributed by atoms with Crippen LogP contribution in [0.3, 0.4) is 0 Å². The zero-order valence-electron chi connectivity index (χ0n) is 22.9. The highest BCUT2D eigenvalue weighted by atomic mass is 35.5. The third-order valence-corrected chi connectivity index (χ3v) is 10.2. The number of carbonyl (C=O) groups excluding carboxylic acids is 3. The Bertz CT molecular complexity index is 1050. The van der Waals surface area contributed by atoms with Crippen molar-refractivity contribution < 1.29 is 19.1 Å². The number of nitriles is 1. The fourth-order valence-corrected chi connectivity index (χ4v) is 7.83. The molecule has 2 fully saturated rings. The molecule has 2 atom stereocenters. The van der Waals surface area contributed by atoms with Gasteiger partial charge in [0.15, 0.2) is 0 Å². The molecule has 3 amide bonds. The molecule has 0 aromatic heterocycles. The summed E-state index contributed by atoms with van der Waals surface area (Å²) < 4.78 is 5.61. The normalized spacial score (nSPS) is 20.7. The van der Waals surface area contributed by atoms with Crippen molar-refractivity contribution in [3.8, 4) is 6.07 Å². The van der Waals surface area contributed by atoms with Crippen LogP contribution in [0.25, 0.3) is 0 Å². The van der Waals surface area contributed by atoms with Crippen molar-refractivity contribution in [2.75, 3.05) is 6.61 Å². The number of nitrogens with one attached hydrogen (secondary N) is 3. The van der Waals surface area contributed by atoms with Gasteiger partial charge in [-0.3, -0.25) is 9.59 Å². The summed E-state index contributed by atoms with van der Waals surface area (Å²) in [5, 5.41) is 16.2. The van der Waals surface area contributed by atoms with Crippen LogP contribution in [0.15, 0.2) is 24.3 Å². The van der Waals surface area contributed by atoms with Crippen LogP contribution in [-0.2, 0) is 14.9 Å². The molecule has 1 saturated heterocycles. The van der Waals surface area contributed by atoms with Crippen molar-refractivity contribution in [2.24, 2.45) is 5.92 Å². The number of amides is 3. The van der Waals surface area contributed by atoms with Gasteiger partial charge in [-0.15, -0.1) is 0 Å². The molecule has 2 aliphatic rings. The monoisotopic (exact) mass is 559 g/mol. The van der Waals surface area contributed by atoms with Crippen molar-refractivity contribution in [3.63, 3.8) is 0 Å². The number of rotatable bonds is 9. The second kappa shape index (κ2) is 13.0. The van der Waals surface area contributed by atoms with Gasteiger partial charge in [0.25, 0.3) is 8.96 Å². The highest BCUT2D eigenvalue weighted by Crippen LogP contribution is 2.31. The van der Waals surface area contributed by atoms with Crippen molar-refractivity contribution in [1.29, 1.82) is 5.26 Å². The first-order chi connectivity index (χ1) is 17.9.